The van der Waals surface area contributed by atoms with E-state index in [9.17, 15) is 4.39 Å². The summed E-state index contributed by atoms with van der Waals surface area (Å²) in [4.78, 5) is 4.34. The molecule has 1 aromatic heterocycles. The predicted octanol–water partition coefficient (Wildman–Crippen LogP) is 3.38. The Kier molecular flexibility index (Phi) is 5.43. The molecule has 0 atom stereocenters. The molecular weight excluding hydrogens is 337 g/mol. The lowest BCUT2D eigenvalue weighted by Gasteiger charge is -2.11. The maximum atomic E-state index is 13.0. The summed E-state index contributed by atoms with van der Waals surface area (Å²) < 4.78 is 23.5. The van der Waals surface area contributed by atoms with Crippen molar-refractivity contribution in [2.24, 2.45) is 0 Å². The van der Waals surface area contributed by atoms with Gasteiger partial charge in [-0.05, 0) is 42.0 Å². The number of halogens is 1. The van der Waals surface area contributed by atoms with Crippen molar-refractivity contribution in [3.8, 4) is 11.5 Å². The van der Waals surface area contributed by atoms with Crippen LogP contribution in [-0.4, -0.2) is 29.4 Å². The zero-order valence-electron chi connectivity index (χ0n) is 14.4. The van der Waals surface area contributed by atoms with Crippen molar-refractivity contribution in [3.63, 3.8) is 0 Å². The van der Waals surface area contributed by atoms with Crippen molar-refractivity contribution in [2.75, 3.05) is 24.9 Å². The Morgan fingerprint density at radius 1 is 1.00 bits per heavy atom. The maximum Gasteiger partial charge on any atom is 0.249 e. The third-order valence-corrected chi connectivity index (χ3v) is 3.58. The van der Waals surface area contributed by atoms with Gasteiger partial charge in [-0.1, -0.05) is 6.07 Å². The van der Waals surface area contributed by atoms with Gasteiger partial charge in [-0.3, -0.25) is 0 Å². The molecule has 2 aromatic carbocycles. The monoisotopic (exact) mass is 355 g/mol. The Hall–Kier alpha value is -3.42. The highest BCUT2D eigenvalue weighted by atomic mass is 19.1. The molecule has 3 aromatic rings. The van der Waals surface area contributed by atoms with Crippen LogP contribution in [0.5, 0.6) is 11.5 Å². The molecule has 26 heavy (non-hydrogen) atoms. The molecule has 0 aliphatic carbocycles. The molecular formula is C18H18FN5O2. The number of hydrogen-bond donors (Lipinski definition) is 2. The summed E-state index contributed by atoms with van der Waals surface area (Å²) >= 11 is 0. The molecule has 3 rings (SSSR count). The second-order valence-corrected chi connectivity index (χ2v) is 5.34. The topological polar surface area (TPSA) is 81.2 Å². The smallest absolute Gasteiger partial charge is 0.249 e. The highest BCUT2D eigenvalue weighted by Gasteiger charge is 2.06. The van der Waals surface area contributed by atoms with Gasteiger partial charge in [0.15, 0.2) is 17.3 Å². The molecule has 7 nitrogen and oxygen atoms in total. The van der Waals surface area contributed by atoms with Gasteiger partial charge in [0, 0.05) is 12.2 Å². The van der Waals surface area contributed by atoms with Gasteiger partial charge in [0.05, 0.1) is 20.4 Å². The van der Waals surface area contributed by atoms with Crippen LogP contribution in [-0.2, 0) is 6.54 Å². The van der Waals surface area contributed by atoms with E-state index in [1.54, 1.807) is 26.4 Å². The SMILES string of the molecule is COc1ccc(CNc2cnnc(Nc3ccc(F)cc3)n2)cc1OC. The molecule has 8 heteroatoms. The van der Waals surface area contributed by atoms with E-state index in [4.69, 9.17) is 9.47 Å². The number of rotatable bonds is 7. The first-order valence-electron chi connectivity index (χ1n) is 7.85. The van der Waals surface area contributed by atoms with E-state index in [0.29, 0.717) is 35.5 Å². The molecule has 2 N–H and O–H groups in total. The maximum absolute atomic E-state index is 13.0. The van der Waals surface area contributed by atoms with E-state index < -0.39 is 0 Å². The van der Waals surface area contributed by atoms with Gasteiger partial charge in [-0.25, -0.2) is 4.39 Å². The zero-order chi connectivity index (χ0) is 18.4. The van der Waals surface area contributed by atoms with Gasteiger partial charge in [0.25, 0.3) is 0 Å². The van der Waals surface area contributed by atoms with Crippen molar-refractivity contribution in [1.29, 1.82) is 0 Å². The largest absolute Gasteiger partial charge is 0.493 e. The minimum atomic E-state index is -0.306. The molecule has 0 spiro atoms. The lowest BCUT2D eigenvalue weighted by molar-refractivity contribution is 0.354. The second kappa shape index (κ2) is 8.11. The average molecular weight is 355 g/mol. The predicted molar refractivity (Wildman–Crippen MR) is 96.4 cm³/mol. The summed E-state index contributed by atoms with van der Waals surface area (Å²) in [5.41, 5.74) is 1.67. The van der Waals surface area contributed by atoms with Gasteiger partial charge < -0.3 is 20.1 Å². The standard InChI is InChI=1S/C18H18FN5O2/c1-25-15-8-3-12(9-16(15)26-2)10-20-17-11-21-24-18(23-17)22-14-6-4-13(19)5-7-14/h3-9,11H,10H2,1-2H3,(H2,20,22,23,24). The van der Waals surface area contributed by atoms with E-state index in [0.717, 1.165) is 5.56 Å². The molecule has 0 saturated heterocycles. The summed E-state index contributed by atoms with van der Waals surface area (Å²) in [5.74, 6) is 1.89. The van der Waals surface area contributed by atoms with Crippen LogP contribution in [0.3, 0.4) is 0 Å². The fourth-order valence-electron chi connectivity index (χ4n) is 2.29. The van der Waals surface area contributed by atoms with Crippen LogP contribution in [0.2, 0.25) is 0 Å². The molecule has 0 aliphatic rings. The van der Waals surface area contributed by atoms with Crippen molar-refractivity contribution in [1.82, 2.24) is 15.2 Å². The minimum Gasteiger partial charge on any atom is -0.493 e. The van der Waals surface area contributed by atoms with Crippen molar-refractivity contribution < 1.29 is 13.9 Å². The fraction of sp³-hybridized carbons (Fsp3) is 0.167. The Morgan fingerprint density at radius 2 is 1.77 bits per heavy atom. The number of nitrogens with zero attached hydrogens (tertiary/aromatic N) is 3. The van der Waals surface area contributed by atoms with Gasteiger partial charge >= 0.3 is 0 Å². The van der Waals surface area contributed by atoms with Crippen LogP contribution in [0.15, 0.2) is 48.7 Å². The van der Waals surface area contributed by atoms with Crippen LogP contribution in [0.4, 0.5) is 21.8 Å². The molecule has 0 radical (unpaired) electrons. The van der Waals surface area contributed by atoms with Crippen LogP contribution < -0.4 is 20.1 Å². The van der Waals surface area contributed by atoms with E-state index >= 15 is 0 Å². The first-order chi connectivity index (χ1) is 12.7. The number of ether oxygens (including phenoxy) is 2. The molecule has 0 saturated carbocycles. The molecule has 134 valence electrons. The van der Waals surface area contributed by atoms with Crippen molar-refractivity contribution >= 4 is 17.5 Å². The number of hydrogen-bond acceptors (Lipinski definition) is 7. The van der Waals surface area contributed by atoms with Gasteiger partial charge in [0.1, 0.15) is 5.82 Å². The lowest BCUT2D eigenvalue weighted by atomic mass is 10.2. The summed E-state index contributed by atoms with van der Waals surface area (Å²) in [6, 6.07) is 11.6. The average Bonchev–Trinajstić information content (AvgIpc) is 2.68. The number of methoxy groups -OCH3 is 2. The number of aromatic nitrogens is 3. The molecule has 0 amide bonds. The minimum absolute atomic E-state index is 0.306. The Bertz CT molecular complexity index is 874. The Labute approximate surface area is 150 Å². The first kappa shape index (κ1) is 17.4. The number of anilines is 3. The Balaban J connectivity index is 1.66. The normalized spacial score (nSPS) is 10.3. The van der Waals surface area contributed by atoms with Gasteiger partial charge in [0.2, 0.25) is 5.95 Å². The summed E-state index contributed by atoms with van der Waals surface area (Å²) in [5, 5.41) is 14.0. The number of benzene rings is 2. The van der Waals surface area contributed by atoms with Crippen molar-refractivity contribution in [3.05, 3.63) is 60.0 Å². The van der Waals surface area contributed by atoms with Crippen LogP contribution in [0, 0.1) is 5.82 Å². The lowest BCUT2D eigenvalue weighted by Crippen LogP contribution is -2.06. The molecule has 0 unspecified atom stereocenters. The van der Waals surface area contributed by atoms with Crippen LogP contribution in [0.25, 0.3) is 0 Å². The van der Waals surface area contributed by atoms with Crippen molar-refractivity contribution in [2.45, 2.75) is 6.54 Å². The first-order valence-corrected chi connectivity index (χ1v) is 7.85. The van der Waals surface area contributed by atoms with Gasteiger partial charge in [-0.15, -0.1) is 5.10 Å². The zero-order valence-corrected chi connectivity index (χ0v) is 14.4. The van der Waals surface area contributed by atoms with E-state index in [1.807, 2.05) is 18.2 Å². The second-order valence-electron chi connectivity index (χ2n) is 5.34. The summed E-state index contributed by atoms with van der Waals surface area (Å²) in [6.07, 6.45) is 1.52. The highest BCUT2D eigenvalue weighted by molar-refractivity contribution is 5.54. The Morgan fingerprint density at radius 3 is 2.50 bits per heavy atom. The number of nitrogens with one attached hydrogen (secondary N) is 2. The molecule has 1 heterocycles. The molecule has 0 bridgehead atoms. The van der Waals surface area contributed by atoms with E-state index in [-0.39, 0.29) is 5.82 Å². The fourth-order valence-corrected chi connectivity index (χ4v) is 2.29. The van der Waals surface area contributed by atoms with Crippen LogP contribution >= 0.6 is 0 Å². The highest BCUT2D eigenvalue weighted by Crippen LogP contribution is 2.27. The quantitative estimate of drug-likeness (QED) is 0.672. The van der Waals surface area contributed by atoms with Gasteiger partial charge in [-0.2, -0.15) is 10.1 Å². The third kappa shape index (κ3) is 4.35. The van der Waals surface area contributed by atoms with E-state index in [2.05, 4.69) is 25.8 Å². The summed E-state index contributed by atoms with van der Waals surface area (Å²) in [6.45, 7) is 0.523. The third-order valence-electron chi connectivity index (χ3n) is 3.58. The van der Waals surface area contributed by atoms with Crippen LogP contribution in [0.1, 0.15) is 5.56 Å². The molecule has 0 fully saturated rings. The summed E-state index contributed by atoms with van der Waals surface area (Å²) in [7, 11) is 3.19. The van der Waals surface area contributed by atoms with E-state index in [1.165, 1.54) is 18.3 Å². The molecule has 0 aliphatic heterocycles.